The quantitative estimate of drug-likeness (QED) is 0.634. The Balaban J connectivity index is 1.87. The van der Waals surface area contributed by atoms with Gasteiger partial charge in [0.05, 0.1) is 14.2 Å². The highest BCUT2D eigenvalue weighted by atomic mass is 16.5. The van der Waals surface area contributed by atoms with Gasteiger partial charge in [0.25, 0.3) is 5.91 Å². The Morgan fingerprint density at radius 3 is 2.41 bits per heavy atom. The van der Waals surface area contributed by atoms with Crippen molar-refractivity contribution in [3.63, 3.8) is 0 Å². The molecule has 0 atom stereocenters. The average Bonchev–Trinajstić information content (AvgIpc) is 2.69. The molecular formula is C21H25NO5. The van der Waals surface area contributed by atoms with Crippen molar-refractivity contribution >= 4 is 11.7 Å². The van der Waals surface area contributed by atoms with E-state index >= 15 is 0 Å². The average molecular weight is 371 g/mol. The van der Waals surface area contributed by atoms with E-state index in [1.807, 2.05) is 18.2 Å². The summed E-state index contributed by atoms with van der Waals surface area (Å²) >= 11 is 0. The van der Waals surface area contributed by atoms with Crippen LogP contribution in [0.25, 0.3) is 0 Å². The lowest BCUT2D eigenvalue weighted by molar-refractivity contribution is -0.132. The van der Waals surface area contributed by atoms with E-state index < -0.39 is 0 Å². The first-order valence-corrected chi connectivity index (χ1v) is 8.63. The third-order valence-corrected chi connectivity index (χ3v) is 4.21. The van der Waals surface area contributed by atoms with E-state index in [9.17, 15) is 9.59 Å². The molecule has 0 aliphatic heterocycles. The van der Waals surface area contributed by atoms with Crippen LogP contribution in [0.3, 0.4) is 0 Å². The number of ether oxygens (including phenoxy) is 3. The predicted molar refractivity (Wildman–Crippen MR) is 103 cm³/mol. The lowest BCUT2D eigenvalue weighted by Gasteiger charge is -2.18. The van der Waals surface area contributed by atoms with Crippen LogP contribution in [0.2, 0.25) is 0 Å². The van der Waals surface area contributed by atoms with Gasteiger partial charge in [-0.05, 0) is 43.2 Å². The Kier molecular flexibility index (Phi) is 7.23. The fourth-order valence-corrected chi connectivity index (χ4v) is 2.52. The third kappa shape index (κ3) is 5.74. The zero-order chi connectivity index (χ0) is 19.8. The van der Waals surface area contributed by atoms with E-state index in [4.69, 9.17) is 14.2 Å². The third-order valence-electron chi connectivity index (χ3n) is 4.21. The number of methoxy groups -OCH3 is 2. The van der Waals surface area contributed by atoms with Gasteiger partial charge in [0, 0.05) is 19.2 Å². The van der Waals surface area contributed by atoms with Gasteiger partial charge >= 0.3 is 0 Å². The van der Waals surface area contributed by atoms with Crippen LogP contribution >= 0.6 is 0 Å². The highest BCUT2D eigenvalue weighted by Crippen LogP contribution is 2.27. The fraction of sp³-hybridized carbons (Fsp3) is 0.333. The molecule has 0 aliphatic carbocycles. The number of ketones is 1. The van der Waals surface area contributed by atoms with Crippen LogP contribution in [-0.4, -0.2) is 51.0 Å². The van der Waals surface area contributed by atoms with Gasteiger partial charge in [0.2, 0.25) is 0 Å². The fourth-order valence-electron chi connectivity index (χ4n) is 2.52. The molecule has 27 heavy (non-hydrogen) atoms. The molecule has 0 aromatic heterocycles. The maximum Gasteiger partial charge on any atom is 0.260 e. The minimum absolute atomic E-state index is 0.0428. The van der Waals surface area contributed by atoms with E-state index in [1.165, 1.54) is 6.92 Å². The standard InChI is InChI=1S/C21H25NO5/c1-15(23)17-6-5-7-18(13-17)27-14-21(24)22(2)11-10-16-8-9-19(25-3)20(12-16)26-4/h5-9,12-13H,10-11,14H2,1-4H3. The van der Waals surface area contributed by atoms with Crippen molar-refractivity contribution < 1.29 is 23.8 Å². The van der Waals surface area contributed by atoms with Gasteiger partial charge in [-0.2, -0.15) is 0 Å². The number of Topliss-reactive ketones (excluding diaryl/α,β-unsaturated/α-hetero) is 1. The number of benzene rings is 2. The smallest absolute Gasteiger partial charge is 0.260 e. The summed E-state index contributed by atoms with van der Waals surface area (Å²) in [6.07, 6.45) is 0.683. The minimum Gasteiger partial charge on any atom is -0.493 e. The molecule has 0 spiro atoms. The van der Waals surface area contributed by atoms with Gasteiger partial charge in [-0.3, -0.25) is 9.59 Å². The van der Waals surface area contributed by atoms with E-state index in [0.717, 1.165) is 5.56 Å². The summed E-state index contributed by atoms with van der Waals surface area (Å²) < 4.78 is 16.0. The summed E-state index contributed by atoms with van der Waals surface area (Å²) in [6.45, 7) is 1.96. The van der Waals surface area contributed by atoms with Gasteiger partial charge in [-0.15, -0.1) is 0 Å². The molecule has 2 aromatic carbocycles. The molecular weight excluding hydrogens is 346 g/mol. The molecule has 1 amide bonds. The number of hydrogen-bond donors (Lipinski definition) is 0. The number of carbonyl (C=O) groups is 2. The van der Waals surface area contributed by atoms with E-state index in [1.54, 1.807) is 50.4 Å². The second-order valence-electron chi connectivity index (χ2n) is 6.13. The molecule has 6 nitrogen and oxygen atoms in total. The molecule has 2 aromatic rings. The van der Waals surface area contributed by atoms with E-state index in [-0.39, 0.29) is 18.3 Å². The lowest BCUT2D eigenvalue weighted by atomic mass is 10.1. The Morgan fingerprint density at radius 1 is 1.00 bits per heavy atom. The van der Waals surface area contributed by atoms with Crippen LogP contribution in [0.1, 0.15) is 22.8 Å². The van der Waals surface area contributed by atoms with Crippen molar-refractivity contribution in [1.29, 1.82) is 0 Å². The maximum absolute atomic E-state index is 12.3. The first kappa shape index (κ1) is 20.3. The molecule has 0 saturated heterocycles. The summed E-state index contributed by atoms with van der Waals surface area (Å²) in [5.74, 6) is 1.66. The largest absolute Gasteiger partial charge is 0.493 e. The molecule has 2 rings (SSSR count). The maximum atomic E-state index is 12.3. The molecule has 0 bridgehead atoms. The lowest BCUT2D eigenvalue weighted by Crippen LogP contribution is -2.33. The monoisotopic (exact) mass is 371 g/mol. The molecule has 144 valence electrons. The molecule has 0 heterocycles. The van der Waals surface area contributed by atoms with E-state index in [2.05, 4.69) is 0 Å². The first-order chi connectivity index (χ1) is 12.9. The van der Waals surface area contributed by atoms with Crippen molar-refractivity contribution in [2.45, 2.75) is 13.3 Å². The summed E-state index contributed by atoms with van der Waals surface area (Å²) in [5.41, 5.74) is 1.60. The predicted octanol–water partition coefficient (Wildman–Crippen LogP) is 2.99. The SMILES string of the molecule is COc1ccc(CCN(C)C(=O)COc2cccc(C(C)=O)c2)cc1OC. The highest BCUT2D eigenvalue weighted by molar-refractivity contribution is 5.94. The van der Waals surface area contributed by atoms with Gasteiger partial charge in [-0.1, -0.05) is 18.2 Å². The van der Waals surface area contributed by atoms with Crippen LogP contribution in [0.4, 0.5) is 0 Å². The van der Waals surface area contributed by atoms with Crippen molar-refractivity contribution in [3.8, 4) is 17.2 Å². The Hall–Kier alpha value is -3.02. The molecule has 0 unspecified atom stereocenters. The molecule has 0 radical (unpaired) electrons. The molecule has 0 fully saturated rings. The number of nitrogens with zero attached hydrogens (tertiary/aromatic N) is 1. The van der Waals surface area contributed by atoms with Crippen LogP contribution in [0.5, 0.6) is 17.2 Å². The zero-order valence-electron chi connectivity index (χ0n) is 16.2. The van der Waals surface area contributed by atoms with Gasteiger partial charge < -0.3 is 19.1 Å². The number of rotatable bonds is 9. The number of carbonyl (C=O) groups excluding carboxylic acids is 2. The molecule has 0 saturated carbocycles. The summed E-state index contributed by atoms with van der Waals surface area (Å²) in [5, 5.41) is 0. The van der Waals surface area contributed by atoms with Crippen LogP contribution in [0, 0.1) is 0 Å². The van der Waals surface area contributed by atoms with Crippen molar-refractivity contribution in [2.24, 2.45) is 0 Å². The molecule has 6 heteroatoms. The normalized spacial score (nSPS) is 10.2. The number of likely N-dealkylation sites (N-methyl/N-ethyl adjacent to an activating group) is 1. The highest BCUT2D eigenvalue weighted by Gasteiger charge is 2.11. The summed E-state index contributed by atoms with van der Waals surface area (Å²) in [7, 11) is 4.92. The summed E-state index contributed by atoms with van der Waals surface area (Å²) in [4.78, 5) is 25.3. The van der Waals surface area contributed by atoms with Gasteiger partial charge in [0.15, 0.2) is 23.9 Å². The topological polar surface area (TPSA) is 65.1 Å². The minimum atomic E-state index is -0.135. The second kappa shape index (κ2) is 9.62. The number of amides is 1. The zero-order valence-corrected chi connectivity index (χ0v) is 16.2. The van der Waals surface area contributed by atoms with Gasteiger partial charge in [-0.25, -0.2) is 0 Å². The first-order valence-electron chi connectivity index (χ1n) is 8.63. The van der Waals surface area contributed by atoms with Crippen LogP contribution < -0.4 is 14.2 Å². The Labute approximate surface area is 159 Å². The van der Waals surface area contributed by atoms with E-state index in [0.29, 0.717) is 35.8 Å². The summed E-state index contributed by atoms with van der Waals surface area (Å²) in [6, 6.07) is 12.5. The Morgan fingerprint density at radius 2 is 1.74 bits per heavy atom. The number of hydrogen-bond acceptors (Lipinski definition) is 5. The molecule has 0 aliphatic rings. The second-order valence-corrected chi connectivity index (χ2v) is 6.13. The van der Waals surface area contributed by atoms with Crippen LogP contribution in [0.15, 0.2) is 42.5 Å². The van der Waals surface area contributed by atoms with Crippen molar-refractivity contribution in [1.82, 2.24) is 4.90 Å². The Bertz CT molecular complexity index is 803. The molecule has 0 N–H and O–H groups in total. The van der Waals surface area contributed by atoms with Crippen molar-refractivity contribution in [2.75, 3.05) is 34.4 Å². The van der Waals surface area contributed by atoms with Crippen molar-refractivity contribution in [3.05, 3.63) is 53.6 Å². The van der Waals surface area contributed by atoms with Gasteiger partial charge in [0.1, 0.15) is 5.75 Å². The van der Waals surface area contributed by atoms with Crippen LogP contribution in [-0.2, 0) is 11.2 Å².